The van der Waals surface area contributed by atoms with Crippen LogP contribution in [0.25, 0.3) is 10.3 Å². The third-order valence-electron chi connectivity index (χ3n) is 3.07. The van der Waals surface area contributed by atoms with Gasteiger partial charge in [0.05, 0.1) is 17.2 Å². The number of aromatic nitrogens is 2. The molecule has 110 valence electrons. The van der Waals surface area contributed by atoms with E-state index in [2.05, 4.69) is 27.0 Å². The molecule has 0 saturated heterocycles. The molecule has 0 aliphatic rings. The van der Waals surface area contributed by atoms with Crippen molar-refractivity contribution >= 4 is 74.0 Å². The van der Waals surface area contributed by atoms with Crippen LogP contribution < -0.4 is 0 Å². The van der Waals surface area contributed by atoms with E-state index in [9.17, 15) is 4.79 Å². The van der Waals surface area contributed by atoms with Gasteiger partial charge in [-0.2, -0.15) is 4.37 Å². The zero-order chi connectivity index (χ0) is 14.7. The minimum Gasteiger partial charge on any atom is -0.466 e. The summed E-state index contributed by atoms with van der Waals surface area (Å²) in [4.78, 5) is 11.8. The van der Waals surface area contributed by atoms with Crippen molar-refractivity contribution in [1.29, 1.82) is 0 Å². The molecule has 0 radical (unpaired) electrons. The van der Waals surface area contributed by atoms with Gasteiger partial charge in [0.15, 0.2) is 9.60 Å². The zero-order valence-electron chi connectivity index (χ0n) is 11.2. The number of rotatable bonds is 6. The van der Waals surface area contributed by atoms with Crippen LogP contribution in [0.5, 0.6) is 0 Å². The molecule has 0 fully saturated rings. The van der Waals surface area contributed by atoms with Gasteiger partial charge < -0.3 is 9.30 Å². The smallest absolute Gasteiger partial charge is 0.308 e. The van der Waals surface area contributed by atoms with Crippen molar-refractivity contribution in [2.24, 2.45) is 5.92 Å². The number of ether oxygens (including phenoxy) is 1. The topological polar surface area (TPSA) is 44.1 Å². The number of hydrogen-bond acceptors (Lipinski definition) is 6. The normalized spacial score (nSPS) is 12.8. The molecular weight excluding hydrogens is 427 g/mol. The molecule has 4 nitrogen and oxygen atoms in total. The molecule has 2 aromatic heterocycles. The number of fused-ring (bicyclic) bond motifs is 1. The van der Waals surface area contributed by atoms with Crippen molar-refractivity contribution in [3.63, 3.8) is 0 Å². The Kier molecular flexibility index (Phi) is 5.94. The molecular formula is C12H15IN2O2S3. The monoisotopic (exact) mass is 442 g/mol. The number of halogens is 1. The molecule has 1 atom stereocenters. The third-order valence-corrected chi connectivity index (χ3v) is 6.78. The molecule has 8 heteroatoms. The summed E-state index contributed by atoms with van der Waals surface area (Å²) in [7, 11) is 0. The van der Waals surface area contributed by atoms with Crippen LogP contribution in [-0.4, -0.2) is 21.5 Å². The lowest BCUT2D eigenvalue weighted by molar-refractivity contribution is -0.148. The van der Waals surface area contributed by atoms with Crippen LogP contribution >= 0.6 is 57.7 Å². The standard InChI is InChI=1S/C12H15IN2O2S3/c1-3-7(11(16)17-4-2)5-6-15-10-8(19-12(15)18)9(13)20-14-10/h7H,3-6H2,1-2H3. The van der Waals surface area contributed by atoms with Gasteiger partial charge in [-0.05, 0) is 66.1 Å². The Bertz CT molecular complexity index is 661. The van der Waals surface area contributed by atoms with E-state index < -0.39 is 0 Å². The molecule has 0 N–H and O–H groups in total. The van der Waals surface area contributed by atoms with Crippen LogP contribution in [0.1, 0.15) is 26.7 Å². The molecule has 2 rings (SSSR count). The first-order valence-corrected chi connectivity index (χ1v) is 9.47. The van der Waals surface area contributed by atoms with Crippen molar-refractivity contribution in [2.75, 3.05) is 6.61 Å². The average Bonchev–Trinajstić information content (AvgIpc) is 2.92. The van der Waals surface area contributed by atoms with Crippen molar-refractivity contribution in [2.45, 2.75) is 33.2 Å². The molecule has 0 amide bonds. The van der Waals surface area contributed by atoms with Gasteiger partial charge in [-0.15, -0.1) is 11.3 Å². The van der Waals surface area contributed by atoms with Gasteiger partial charge >= 0.3 is 5.97 Å². The number of esters is 1. The van der Waals surface area contributed by atoms with Crippen LogP contribution in [0.3, 0.4) is 0 Å². The second kappa shape index (κ2) is 7.28. The third kappa shape index (κ3) is 3.40. The fourth-order valence-corrected chi connectivity index (χ4v) is 4.88. The molecule has 1 unspecified atom stereocenters. The Morgan fingerprint density at radius 2 is 2.30 bits per heavy atom. The molecule has 0 saturated carbocycles. The average molecular weight is 442 g/mol. The van der Waals surface area contributed by atoms with Crippen molar-refractivity contribution in [3.8, 4) is 0 Å². The molecule has 2 heterocycles. The second-order valence-corrected chi connectivity index (χ2v) is 8.50. The lowest BCUT2D eigenvalue weighted by Crippen LogP contribution is -2.19. The van der Waals surface area contributed by atoms with Crippen LogP contribution in [0.15, 0.2) is 0 Å². The van der Waals surface area contributed by atoms with Gasteiger partial charge in [0, 0.05) is 6.54 Å². The predicted molar refractivity (Wildman–Crippen MR) is 94.1 cm³/mol. The van der Waals surface area contributed by atoms with Crippen LogP contribution in [0, 0.1) is 12.8 Å². The molecule has 0 aromatic carbocycles. The van der Waals surface area contributed by atoms with Gasteiger partial charge in [0.1, 0.15) is 2.88 Å². The first-order valence-electron chi connectivity index (χ1n) is 6.39. The van der Waals surface area contributed by atoms with Crippen LogP contribution in [-0.2, 0) is 16.1 Å². The van der Waals surface area contributed by atoms with E-state index in [1.807, 2.05) is 18.4 Å². The first kappa shape index (κ1) is 16.3. The number of thiazole rings is 1. The lowest BCUT2D eigenvalue weighted by Gasteiger charge is -2.13. The number of hydrogen-bond donors (Lipinski definition) is 0. The van der Waals surface area contributed by atoms with Crippen molar-refractivity contribution in [1.82, 2.24) is 8.94 Å². The van der Waals surface area contributed by atoms with Gasteiger partial charge in [-0.1, -0.05) is 6.92 Å². The quantitative estimate of drug-likeness (QED) is 0.376. The Hall–Kier alpha value is -0.0600. The van der Waals surface area contributed by atoms with Crippen LogP contribution in [0.4, 0.5) is 0 Å². The Morgan fingerprint density at radius 1 is 1.55 bits per heavy atom. The molecule has 0 spiro atoms. The van der Waals surface area contributed by atoms with Crippen molar-refractivity contribution < 1.29 is 9.53 Å². The van der Waals surface area contributed by atoms with E-state index >= 15 is 0 Å². The molecule has 0 aliphatic carbocycles. The molecule has 20 heavy (non-hydrogen) atoms. The Labute approximate surface area is 144 Å². The maximum atomic E-state index is 11.8. The number of carbonyl (C=O) groups excluding carboxylic acids is 1. The predicted octanol–water partition coefficient (Wildman–Crippen LogP) is 4.47. The first-order chi connectivity index (χ1) is 9.58. The maximum absolute atomic E-state index is 11.8. The highest BCUT2D eigenvalue weighted by Crippen LogP contribution is 2.30. The summed E-state index contributed by atoms with van der Waals surface area (Å²) in [5.41, 5.74) is 0.952. The van der Waals surface area contributed by atoms with Crippen LogP contribution in [0.2, 0.25) is 0 Å². The number of nitrogens with zero attached hydrogens (tertiary/aromatic N) is 2. The van der Waals surface area contributed by atoms with E-state index in [0.717, 1.165) is 33.7 Å². The minimum absolute atomic E-state index is 0.0653. The summed E-state index contributed by atoms with van der Waals surface area (Å²) >= 11 is 10.8. The highest BCUT2D eigenvalue weighted by molar-refractivity contribution is 14.1. The highest BCUT2D eigenvalue weighted by atomic mass is 127. The SMILES string of the molecule is CCOC(=O)C(CC)CCn1c(=S)sc2c(I)snc21. The summed E-state index contributed by atoms with van der Waals surface area (Å²) in [6, 6.07) is 0. The van der Waals surface area contributed by atoms with Crippen molar-refractivity contribution in [3.05, 3.63) is 6.84 Å². The maximum Gasteiger partial charge on any atom is 0.308 e. The minimum atomic E-state index is -0.110. The lowest BCUT2D eigenvalue weighted by atomic mass is 10.0. The summed E-state index contributed by atoms with van der Waals surface area (Å²) in [6.07, 6.45) is 1.53. The summed E-state index contributed by atoms with van der Waals surface area (Å²) in [6.45, 7) is 4.99. The molecule has 0 aliphatic heterocycles. The van der Waals surface area contributed by atoms with Gasteiger partial charge in [0.2, 0.25) is 0 Å². The van der Waals surface area contributed by atoms with E-state index in [0.29, 0.717) is 6.61 Å². The second-order valence-electron chi connectivity index (χ2n) is 4.27. The van der Waals surface area contributed by atoms with Gasteiger partial charge in [-0.25, -0.2) is 0 Å². The van der Waals surface area contributed by atoms with E-state index in [1.54, 1.807) is 11.3 Å². The number of carbonyl (C=O) groups is 1. The fraction of sp³-hybridized carbons (Fsp3) is 0.583. The van der Waals surface area contributed by atoms with Gasteiger partial charge in [0.25, 0.3) is 0 Å². The van der Waals surface area contributed by atoms with E-state index in [4.69, 9.17) is 17.0 Å². The zero-order valence-corrected chi connectivity index (χ0v) is 15.8. The summed E-state index contributed by atoms with van der Waals surface area (Å²) in [5, 5.41) is 0. The van der Waals surface area contributed by atoms with E-state index in [1.165, 1.54) is 14.4 Å². The highest BCUT2D eigenvalue weighted by Gasteiger charge is 2.19. The Balaban J connectivity index is 2.14. The largest absolute Gasteiger partial charge is 0.466 e. The summed E-state index contributed by atoms with van der Waals surface area (Å²) < 4.78 is 14.7. The van der Waals surface area contributed by atoms with E-state index in [-0.39, 0.29) is 11.9 Å². The fourth-order valence-electron chi connectivity index (χ4n) is 1.97. The molecule has 0 bridgehead atoms. The number of aryl methyl sites for hydroxylation is 1. The molecule has 2 aromatic rings. The Morgan fingerprint density at radius 3 is 2.95 bits per heavy atom. The summed E-state index contributed by atoms with van der Waals surface area (Å²) in [5.74, 6) is -0.176. The van der Waals surface area contributed by atoms with Gasteiger partial charge in [-0.3, -0.25) is 4.79 Å².